The van der Waals surface area contributed by atoms with Crippen molar-refractivity contribution in [1.82, 2.24) is 24.8 Å². The summed E-state index contributed by atoms with van der Waals surface area (Å²) in [6, 6.07) is 12.0. The van der Waals surface area contributed by atoms with Crippen LogP contribution in [0.25, 0.3) is 17.0 Å². The molecule has 28 heavy (non-hydrogen) atoms. The fourth-order valence-corrected chi connectivity index (χ4v) is 3.44. The monoisotopic (exact) mass is 390 g/mol. The molecule has 7 nitrogen and oxygen atoms in total. The minimum atomic E-state index is 0.173. The topological polar surface area (TPSA) is 80.3 Å². The standard InChI is InChI=1S/C20H18N6OS/c1-12-5-6-13(18-24-19(27-25-18)14-7-8-21-14)10-15(12)23-20(28)16-11-22-17-4-2-3-9-26(16)17/h2-6,9-11,14,21H,7-8H2,1H3,(H,23,28)/t14-/m1/s1. The Kier molecular flexibility index (Phi) is 4.14. The van der Waals surface area contributed by atoms with E-state index in [9.17, 15) is 0 Å². The van der Waals surface area contributed by atoms with E-state index in [-0.39, 0.29) is 6.04 Å². The van der Waals surface area contributed by atoms with Gasteiger partial charge in [-0.1, -0.05) is 35.6 Å². The molecule has 0 radical (unpaired) electrons. The largest absolute Gasteiger partial charge is 0.345 e. The van der Waals surface area contributed by atoms with E-state index in [1.54, 1.807) is 6.20 Å². The van der Waals surface area contributed by atoms with Crippen LogP contribution in [0.2, 0.25) is 0 Å². The Morgan fingerprint density at radius 1 is 1.32 bits per heavy atom. The number of anilines is 1. The lowest BCUT2D eigenvalue weighted by Crippen LogP contribution is -2.35. The van der Waals surface area contributed by atoms with E-state index in [4.69, 9.17) is 16.7 Å². The minimum absolute atomic E-state index is 0.173. The molecule has 4 aromatic rings. The van der Waals surface area contributed by atoms with Gasteiger partial charge in [0.05, 0.1) is 12.2 Å². The Hall–Kier alpha value is -3.10. The van der Waals surface area contributed by atoms with Crippen LogP contribution in [0.4, 0.5) is 5.69 Å². The van der Waals surface area contributed by atoms with Crippen molar-refractivity contribution in [3.63, 3.8) is 0 Å². The average Bonchev–Trinajstić information content (AvgIpc) is 3.29. The number of nitrogens with zero attached hydrogens (tertiary/aromatic N) is 4. The fraction of sp³-hybridized carbons (Fsp3) is 0.200. The summed E-state index contributed by atoms with van der Waals surface area (Å²) in [5.41, 5.74) is 4.55. The molecule has 1 saturated heterocycles. The summed E-state index contributed by atoms with van der Waals surface area (Å²) in [6.07, 6.45) is 4.75. The number of rotatable bonds is 4. The Balaban J connectivity index is 1.43. The van der Waals surface area contributed by atoms with Gasteiger partial charge in [0.15, 0.2) is 0 Å². The maximum Gasteiger partial charge on any atom is 0.244 e. The maximum absolute atomic E-state index is 5.63. The molecule has 2 N–H and O–H groups in total. The van der Waals surface area contributed by atoms with Gasteiger partial charge in [-0.15, -0.1) is 0 Å². The van der Waals surface area contributed by atoms with Crippen molar-refractivity contribution in [3.05, 3.63) is 65.9 Å². The van der Waals surface area contributed by atoms with Crippen LogP contribution < -0.4 is 10.6 Å². The number of nitrogens with one attached hydrogen (secondary N) is 2. The van der Waals surface area contributed by atoms with Crippen LogP contribution in [-0.4, -0.2) is 31.1 Å². The van der Waals surface area contributed by atoms with Gasteiger partial charge < -0.3 is 15.2 Å². The van der Waals surface area contributed by atoms with Crippen molar-refractivity contribution >= 4 is 28.5 Å². The quantitative estimate of drug-likeness (QED) is 0.516. The number of thiocarbonyl (C=S) groups is 1. The maximum atomic E-state index is 5.63. The van der Waals surface area contributed by atoms with E-state index in [0.29, 0.717) is 16.7 Å². The summed E-state index contributed by atoms with van der Waals surface area (Å²) in [6.45, 7) is 3.02. The zero-order valence-corrected chi connectivity index (χ0v) is 16.0. The number of fused-ring (bicyclic) bond motifs is 1. The second-order valence-corrected chi connectivity index (χ2v) is 7.22. The summed E-state index contributed by atoms with van der Waals surface area (Å²) in [5.74, 6) is 1.21. The smallest absolute Gasteiger partial charge is 0.244 e. The number of aromatic nitrogens is 4. The van der Waals surface area contributed by atoms with Crippen LogP contribution in [0.3, 0.4) is 0 Å². The van der Waals surface area contributed by atoms with Crippen LogP contribution in [0.15, 0.2) is 53.3 Å². The third-order valence-corrected chi connectivity index (χ3v) is 5.27. The molecular formula is C20H18N6OS. The number of pyridine rings is 1. The zero-order valence-electron chi connectivity index (χ0n) is 15.2. The predicted octanol–water partition coefficient (Wildman–Crippen LogP) is 3.51. The molecule has 4 heterocycles. The van der Waals surface area contributed by atoms with Gasteiger partial charge in [0.1, 0.15) is 16.3 Å². The first-order valence-electron chi connectivity index (χ1n) is 9.10. The van der Waals surface area contributed by atoms with E-state index in [0.717, 1.165) is 41.1 Å². The zero-order chi connectivity index (χ0) is 19.1. The first-order chi connectivity index (χ1) is 13.7. The van der Waals surface area contributed by atoms with Crippen molar-refractivity contribution in [2.45, 2.75) is 19.4 Å². The van der Waals surface area contributed by atoms with E-state index < -0.39 is 0 Å². The molecule has 8 heteroatoms. The molecule has 1 atom stereocenters. The molecule has 0 aliphatic carbocycles. The van der Waals surface area contributed by atoms with Gasteiger partial charge >= 0.3 is 0 Å². The summed E-state index contributed by atoms with van der Waals surface area (Å²) in [7, 11) is 0. The van der Waals surface area contributed by atoms with E-state index in [1.165, 1.54) is 0 Å². The molecule has 140 valence electrons. The third-order valence-electron chi connectivity index (χ3n) is 4.96. The van der Waals surface area contributed by atoms with Crippen molar-refractivity contribution in [2.24, 2.45) is 0 Å². The number of hydrogen-bond acceptors (Lipinski definition) is 6. The second kappa shape index (κ2) is 6.81. The normalized spacial score (nSPS) is 16.1. The molecule has 0 unspecified atom stereocenters. The first-order valence-corrected chi connectivity index (χ1v) is 9.51. The molecule has 1 aliphatic heterocycles. The Morgan fingerprint density at radius 3 is 3.04 bits per heavy atom. The van der Waals surface area contributed by atoms with Gasteiger partial charge in [0, 0.05) is 17.4 Å². The second-order valence-electron chi connectivity index (χ2n) is 6.81. The molecule has 1 aromatic carbocycles. The molecule has 0 amide bonds. The molecular weight excluding hydrogens is 372 g/mol. The summed E-state index contributed by atoms with van der Waals surface area (Å²) < 4.78 is 7.36. The van der Waals surface area contributed by atoms with Crippen molar-refractivity contribution in [2.75, 3.05) is 11.9 Å². The van der Waals surface area contributed by atoms with E-state index in [1.807, 2.05) is 53.9 Å². The summed E-state index contributed by atoms with van der Waals surface area (Å²) in [4.78, 5) is 9.53. The predicted molar refractivity (Wildman–Crippen MR) is 110 cm³/mol. The third kappa shape index (κ3) is 2.96. The van der Waals surface area contributed by atoms with Crippen LogP contribution in [0, 0.1) is 6.92 Å². The summed E-state index contributed by atoms with van der Waals surface area (Å²) in [5, 5.41) is 10.7. The minimum Gasteiger partial charge on any atom is -0.345 e. The van der Waals surface area contributed by atoms with Crippen LogP contribution in [0.5, 0.6) is 0 Å². The highest BCUT2D eigenvalue weighted by Gasteiger charge is 2.25. The number of hydrogen-bond donors (Lipinski definition) is 2. The number of imidazole rings is 1. The van der Waals surface area contributed by atoms with Gasteiger partial charge in [-0.3, -0.25) is 4.40 Å². The van der Waals surface area contributed by atoms with Crippen LogP contribution in [-0.2, 0) is 0 Å². The highest BCUT2D eigenvalue weighted by molar-refractivity contribution is 7.81. The SMILES string of the molecule is Cc1ccc(-c2noc([C@H]3CCN3)n2)cc1NC(=S)c1cnc2ccccn12. The first kappa shape index (κ1) is 17.0. The highest BCUT2D eigenvalue weighted by atomic mass is 32.1. The number of benzene rings is 1. The lowest BCUT2D eigenvalue weighted by atomic mass is 10.1. The molecule has 0 saturated carbocycles. The molecule has 0 bridgehead atoms. The van der Waals surface area contributed by atoms with E-state index >= 15 is 0 Å². The van der Waals surface area contributed by atoms with Crippen molar-refractivity contribution < 1.29 is 4.52 Å². The number of aryl methyl sites for hydroxylation is 1. The van der Waals surface area contributed by atoms with Crippen molar-refractivity contribution in [1.29, 1.82) is 0 Å². The highest BCUT2D eigenvalue weighted by Crippen LogP contribution is 2.27. The van der Waals surface area contributed by atoms with Crippen LogP contribution >= 0.6 is 12.2 Å². The molecule has 0 spiro atoms. The molecule has 1 aliphatic rings. The van der Waals surface area contributed by atoms with Gasteiger partial charge in [-0.05, 0) is 43.7 Å². The Morgan fingerprint density at radius 2 is 2.21 bits per heavy atom. The van der Waals surface area contributed by atoms with Crippen molar-refractivity contribution in [3.8, 4) is 11.4 Å². The summed E-state index contributed by atoms with van der Waals surface area (Å²) >= 11 is 5.63. The van der Waals surface area contributed by atoms with Crippen LogP contribution in [0.1, 0.15) is 29.6 Å². The van der Waals surface area contributed by atoms with Gasteiger partial charge in [-0.2, -0.15) is 4.98 Å². The fourth-order valence-electron chi connectivity index (χ4n) is 3.18. The Labute approximate surface area is 166 Å². The molecule has 1 fully saturated rings. The van der Waals surface area contributed by atoms with Gasteiger partial charge in [-0.25, -0.2) is 4.98 Å². The molecule has 3 aromatic heterocycles. The van der Waals surface area contributed by atoms with E-state index in [2.05, 4.69) is 25.8 Å². The Bertz CT molecular complexity index is 1180. The van der Waals surface area contributed by atoms with Gasteiger partial charge in [0.2, 0.25) is 11.7 Å². The molecule has 5 rings (SSSR count). The average molecular weight is 390 g/mol. The lowest BCUT2D eigenvalue weighted by Gasteiger charge is -2.23. The lowest BCUT2D eigenvalue weighted by molar-refractivity contribution is 0.273. The van der Waals surface area contributed by atoms with Gasteiger partial charge in [0.25, 0.3) is 0 Å².